The van der Waals surface area contributed by atoms with E-state index in [1.807, 2.05) is 0 Å². The lowest BCUT2D eigenvalue weighted by molar-refractivity contribution is -0.137. The van der Waals surface area contributed by atoms with Gasteiger partial charge in [-0.3, -0.25) is 4.79 Å². The van der Waals surface area contributed by atoms with E-state index < -0.39 is 11.7 Å². The molecule has 112 valence electrons. The summed E-state index contributed by atoms with van der Waals surface area (Å²) in [5.74, 6) is -0.119. The molecule has 0 radical (unpaired) electrons. The van der Waals surface area contributed by atoms with Gasteiger partial charge in [-0.05, 0) is 30.7 Å². The standard InChI is InChI=1S/C13H16F3NO3/c1-19-8-2-7-17-12(18)9-20-11-5-3-10(4-6-11)13(14,15)16/h3-6H,2,7-9H2,1H3,(H,17,18). The summed E-state index contributed by atoms with van der Waals surface area (Å²) in [5.41, 5.74) is -0.756. The molecule has 0 aliphatic heterocycles. The molecule has 1 rings (SSSR count). The van der Waals surface area contributed by atoms with Gasteiger partial charge in [0.25, 0.3) is 5.91 Å². The Kier molecular flexibility index (Phi) is 6.30. The van der Waals surface area contributed by atoms with Crippen molar-refractivity contribution in [3.05, 3.63) is 29.8 Å². The first-order valence-corrected chi connectivity index (χ1v) is 5.99. The number of hydrogen-bond donors (Lipinski definition) is 1. The molecule has 1 aromatic carbocycles. The predicted octanol–water partition coefficient (Wildman–Crippen LogP) is 2.24. The molecular weight excluding hydrogens is 275 g/mol. The second kappa shape index (κ2) is 7.74. The molecule has 0 fully saturated rings. The SMILES string of the molecule is COCCCNC(=O)COc1ccc(C(F)(F)F)cc1. The van der Waals surface area contributed by atoms with Gasteiger partial charge < -0.3 is 14.8 Å². The minimum atomic E-state index is -4.38. The van der Waals surface area contributed by atoms with Crippen molar-refractivity contribution in [3.63, 3.8) is 0 Å². The van der Waals surface area contributed by atoms with Crippen LogP contribution in [0.1, 0.15) is 12.0 Å². The van der Waals surface area contributed by atoms with E-state index in [2.05, 4.69) is 5.32 Å². The fourth-order valence-corrected chi connectivity index (χ4v) is 1.38. The van der Waals surface area contributed by atoms with Gasteiger partial charge in [0.05, 0.1) is 5.56 Å². The first kappa shape index (κ1) is 16.3. The number of nitrogens with one attached hydrogen (secondary N) is 1. The van der Waals surface area contributed by atoms with Gasteiger partial charge in [-0.25, -0.2) is 0 Å². The molecule has 0 saturated carbocycles. The highest BCUT2D eigenvalue weighted by Gasteiger charge is 2.29. The van der Waals surface area contributed by atoms with Gasteiger partial charge in [-0.1, -0.05) is 0 Å². The van der Waals surface area contributed by atoms with E-state index in [0.717, 1.165) is 12.1 Å². The summed E-state index contributed by atoms with van der Waals surface area (Å²) in [6.45, 7) is 0.765. The Morgan fingerprint density at radius 1 is 1.25 bits per heavy atom. The lowest BCUT2D eigenvalue weighted by Gasteiger charge is -2.09. The Morgan fingerprint density at radius 2 is 1.90 bits per heavy atom. The molecule has 0 saturated heterocycles. The van der Waals surface area contributed by atoms with Crippen LogP contribution < -0.4 is 10.1 Å². The molecule has 7 heteroatoms. The molecule has 20 heavy (non-hydrogen) atoms. The van der Waals surface area contributed by atoms with E-state index in [0.29, 0.717) is 19.6 Å². The predicted molar refractivity (Wildman–Crippen MR) is 66.4 cm³/mol. The zero-order chi connectivity index (χ0) is 15.0. The molecular formula is C13H16F3NO3. The van der Waals surface area contributed by atoms with Crippen molar-refractivity contribution in [1.82, 2.24) is 5.32 Å². The fourth-order valence-electron chi connectivity index (χ4n) is 1.38. The van der Waals surface area contributed by atoms with Crippen LogP contribution >= 0.6 is 0 Å². The van der Waals surface area contributed by atoms with Gasteiger partial charge in [0.2, 0.25) is 0 Å². The Labute approximate surface area is 114 Å². The second-order valence-electron chi connectivity index (χ2n) is 4.01. The topological polar surface area (TPSA) is 47.6 Å². The molecule has 0 bridgehead atoms. The van der Waals surface area contributed by atoms with Gasteiger partial charge >= 0.3 is 6.18 Å². The van der Waals surface area contributed by atoms with Crippen molar-refractivity contribution in [2.75, 3.05) is 26.9 Å². The van der Waals surface area contributed by atoms with Crippen LogP contribution in [0.5, 0.6) is 5.75 Å². The van der Waals surface area contributed by atoms with Crippen molar-refractivity contribution in [2.45, 2.75) is 12.6 Å². The van der Waals surface area contributed by atoms with Crippen LogP contribution in [0, 0.1) is 0 Å². The Balaban J connectivity index is 2.33. The molecule has 0 heterocycles. The Hall–Kier alpha value is -1.76. The van der Waals surface area contributed by atoms with Crippen molar-refractivity contribution < 1.29 is 27.4 Å². The monoisotopic (exact) mass is 291 g/mol. The summed E-state index contributed by atoms with van der Waals surface area (Å²) in [4.78, 5) is 11.3. The Morgan fingerprint density at radius 3 is 2.45 bits per heavy atom. The molecule has 0 aromatic heterocycles. The number of methoxy groups -OCH3 is 1. The first-order valence-electron chi connectivity index (χ1n) is 5.99. The molecule has 1 N–H and O–H groups in total. The third kappa shape index (κ3) is 5.92. The van der Waals surface area contributed by atoms with Crippen LogP contribution in [0.15, 0.2) is 24.3 Å². The van der Waals surface area contributed by atoms with Gasteiger partial charge in [-0.15, -0.1) is 0 Å². The number of halogens is 3. The van der Waals surface area contributed by atoms with Crippen molar-refractivity contribution in [1.29, 1.82) is 0 Å². The highest BCUT2D eigenvalue weighted by Crippen LogP contribution is 2.30. The van der Waals surface area contributed by atoms with E-state index in [-0.39, 0.29) is 18.3 Å². The molecule has 0 aliphatic rings. The molecule has 0 aliphatic carbocycles. The van der Waals surface area contributed by atoms with Crippen LogP contribution in [0.3, 0.4) is 0 Å². The van der Waals surface area contributed by atoms with Crippen LogP contribution in [-0.2, 0) is 15.7 Å². The maximum atomic E-state index is 12.3. The maximum Gasteiger partial charge on any atom is 0.416 e. The number of carbonyl (C=O) groups is 1. The summed E-state index contributed by atoms with van der Waals surface area (Å²) in [6, 6.07) is 4.18. The lowest BCUT2D eigenvalue weighted by Crippen LogP contribution is -2.30. The van der Waals surface area contributed by atoms with E-state index >= 15 is 0 Å². The van der Waals surface area contributed by atoms with E-state index in [4.69, 9.17) is 9.47 Å². The molecule has 1 aromatic rings. The number of ether oxygens (including phenoxy) is 2. The molecule has 4 nitrogen and oxygen atoms in total. The number of rotatable bonds is 7. The summed E-state index contributed by atoms with van der Waals surface area (Å²) < 4.78 is 46.9. The molecule has 0 atom stereocenters. The van der Waals surface area contributed by atoms with E-state index in [1.165, 1.54) is 12.1 Å². The third-order valence-corrected chi connectivity index (χ3v) is 2.40. The summed E-state index contributed by atoms with van der Waals surface area (Å²) in [6.07, 6.45) is -3.69. The normalized spacial score (nSPS) is 11.2. The summed E-state index contributed by atoms with van der Waals surface area (Å²) in [7, 11) is 1.57. The van der Waals surface area contributed by atoms with Crippen LogP contribution in [0.2, 0.25) is 0 Å². The number of carbonyl (C=O) groups excluding carboxylic acids is 1. The maximum absolute atomic E-state index is 12.3. The highest BCUT2D eigenvalue weighted by molar-refractivity contribution is 5.77. The van der Waals surface area contributed by atoms with E-state index in [1.54, 1.807) is 7.11 Å². The fraction of sp³-hybridized carbons (Fsp3) is 0.462. The number of hydrogen-bond acceptors (Lipinski definition) is 3. The first-order chi connectivity index (χ1) is 9.43. The summed E-state index contributed by atoms with van der Waals surface area (Å²) >= 11 is 0. The Bertz CT molecular complexity index is 418. The minimum Gasteiger partial charge on any atom is -0.484 e. The lowest BCUT2D eigenvalue weighted by atomic mass is 10.2. The number of alkyl halides is 3. The zero-order valence-electron chi connectivity index (χ0n) is 11.0. The average Bonchev–Trinajstić information content (AvgIpc) is 2.41. The average molecular weight is 291 g/mol. The third-order valence-electron chi connectivity index (χ3n) is 2.40. The number of benzene rings is 1. The molecule has 0 spiro atoms. The van der Waals surface area contributed by atoms with Gasteiger partial charge in [0, 0.05) is 20.3 Å². The largest absolute Gasteiger partial charge is 0.484 e. The smallest absolute Gasteiger partial charge is 0.416 e. The van der Waals surface area contributed by atoms with Gasteiger partial charge in [-0.2, -0.15) is 13.2 Å². The van der Waals surface area contributed by atoms with Crippen molar-refractivity contribution in [3.8, 4) is 5.75 Å². The van der Waals surface area contributed by atoms with Crippen molar-refractivity contribution in [2.24, 2.45) is 0 Å². The van der Waals surface area contributed by atoms with Crippen LogP contribution in [0.4, 0.5) is 13.2 Å². The van der Waals surface area contributed by atoms with Crippen molar-refractivity contribution >= 4 is 5.91 Å². The zero-order valence-corrected chi connectivity index (χ0v) is 11.0. The highest BCUT2D eigenvalue weighted by atomic mass is 19.4. The minimum absolute atomic E-state index is 0.213. The van der Waals surface area contributed by atoms with Crippen LogP contribution in [0.25, 0.3) is 0 Å². The van der Waals surface area contributed by atoms with E-state index in [9.17, 15) is 18.0 Å². The van der Waals surface area contributed by atoms with Gasteiger partial charge in [0.15, 0.2) is 6.61 Å². The summed E-state index contributed by atoms with van der Waals surface area (Å²) in [5, 5.41) is 2.60. The quantitative estimate of drug-likeness (QED) is 0.784. The van der Waals surface area contributed by atoms with Crippen LogP contribution in [-0.4, -0.2) is 32.8 Å². The number of amides is 1. The van der Waals surface area contributed by atoms with Gasteiger partial charge in [0.1, 0.15) is 5.75 Å². The molecule has 0 unspecified atom stereocenters. The molecule has 1 amide bonds. The second-order valence-corrected chi connectivity index (χ2v) is 4.01.